The quantitative estimate of drug-likeness (QED) is 0.430. The average molecular weight is 351 g/mol. The van der Waals surface area contributed by atoms with Gasteiger partial charge in [-0.05, 0) is 88.0 Å². The zero-order valence-corrected chi connectivity index (χ0v) is 14.9. The SMILES string of the molecule is Nc1ccc(-c2cc(-c3cccc(N)c3)cc(-c3cccc(N)c3)c2)cc1. The topological polar surface area (TPSA) is 78.1 Å². The van der Waals surface area contributed by atoms with E-state index < -0.39 is 0 Å². The normalized spacial score (nSPS) is 10.7. The molecule has 6 N–H and O–H groups in total. The summed E-state index contributed by atoms with van der Waals surface area (Å²) in [5.74, 6) is 0. The van der Waals surface area contributed by atoms with E-state index in [1.165, 1.54) is 0 Å². The van der Waals surface area contributed by atoms with Crippen molar-refractivity contribution in [3.63, 3.8) is 0 Å². The summed E-state index contributed by atoms with van der Waals surface area (Å²) in [6, 6.07) is 30.3. The predicted molar refractivity (Wildman–Crippen MR) is 116 cm³/mol. The molecule has 132 valence electrons. The van der Waals surface area contributed by atoms with Crippen molar-refractivity contribution >= 4 is 17.1 Å². The van der Waals surface area contributed by atoms with Gasteiger partial charge in [0.25, 0.3) is 0 Å². The van der Waals surface area contributed by atoms with Crippen LogP contribution in [-0.2, 0) is 0 Å². The standard InChI is InChI=1S/C24H21N3/c25-22-9-7-16(8-10-22)19-11-20(17-3-1-5-23(26)14-17)13-21(12-19)18-4-2-6-24(27)15-18/h1-15H,25-27H2. The molecule has 3 heteroatoms. The molecule has 0 saturated heterocycles. The van der Waals surface area contributed by atoms with Crippen LogP contribution in [0.25, 0.3) is 33.4 Å². The predicted octanol–water partition coefficient (Wildman–Crippen LogP) is 5.43. The first kappa shape index (κ1) is 16.7. The monoisotopic (exact) mass is 351 g/mol. The van der Waals surface area contributed by atoms with Crippen LogP contribution in [0.2, 0.25) is 0 Å². The summed E-state index contributed by atoms with van der Waals surface area (Å²) in [5, 5.41) is 0. The Morgan fingerprint density at radius 2 is 0.778 bits per heavy atom. The van der Waals surface area contributed by atoms with Gasteiger partial charge in [-0.15, -0.1) is 0 Å². The second-order valence-electron chi connectivity index (χ2n) is 6.67. The third kappa shape index (κ3) is 3.62. The second kappa shape index (κ2) is 6.89. The van der Waals surface area contributed by atoms with Gasteiger partial charge >= 0.3 is 0 Å². The van der Waals surface area contributed by atoms with Crippen molar-refractivity contribution in [2.45, 2.75) is 0 Å². The van der Waals surface area contributed by atoms with Crippen LogP contribution in [0.3, 0.4) is 0 Å². The highest BCUT2D eigenvalue weighted by molar-refractivity contribution is 5.82. The van der Waals surface area contributed by atoms with Crippen molar-refractivity contribution in [1.29, 1.82) is 0 Å². The highest BCUT2D eigenvalue weighted by atomic mass is 14.5. The minimum atomic E-state index is 0.746. The molecule has 0 aliphatic rings. The largest absolute Gasteiger partial charge is 0.399 e. The first-order chi connectivity index (χ1) is 13.1. The van der Waals surface area contributed by atoms with Crippen LogP contribution in [0.15, 0.2) is 91.0 Å². The highest BCUT2D eigenvalue weighted by Gasteiger charge is 2.08. The fourth-order valence-corrected chi connectivity index (χ4v) is 3.24. The van der Waals surface area contributed by atoms with E-state index in [1.807, 2.05) is 60.7 Å². The molecule has 3 nitrogen and oxygen atoms in total. The molecule has 0 heterocycles. The van der Waals surface area contributed by atoms with Crippen LogP contribution in [0.4, 0.5) is 17.1 Å². The molecule has 4 aromatic carbocycles. The Morgan fingerprint density at radius 1 is 0.333 bits per heavy atom. The zero-order chi connectivity index (χ0) is 18.8. The Hall–Kier alpha value is -3.72. The molecule has 4 rings (SSSR count). The summed E-state index contributed by atoms with van der Waals surface area (Å²) >= 11 is 0. The molecule has 27 heavy (non-hydrogen) atoms. The summed E-state index contributed by atoms with van der Waals surface area (Å²) < 4.78 is 0. The van der Waals surface area contributed by atoms with E-state index in [0.717, 1.165) is 50.4 Å². The Balaban J connectivity index is 1.92. The molecular formula is C24H21N3. The van der Waals surface area contributed by atoms with Gasteiger partial charge in [-0.2, -0.15) is 0 Å². The van der Waals surface area contributed by atoms with Crippen molar-refractivity contribution in [3.8, 4) is 33.4 Å². The van der Waals surface area contributed by atoms with E-state index in [0.29, 0.717) is 0 Å². The van der Waals surface area contributed by atoms with Gasteiger partial charge in [-0.1, -0.05) is 36.4 Å². The lowest BCUT2D eigenvalue weighted by Gasteiger charge is -2.12. The molecule has 0 spiro atoms. The van der Waals surface area contributed by atoms with E-state index in [1.54, 1.807) is 0 Å². The fourth-order valence-electron chi connectivity index (χ4n) is 3.24. The van der Waals surface area contributed by atoms with Gasteiger partial charge in [-0.3, -0.25) is 0 Å². The number of nitrogens with two attached hydrogens (primary N) is 3. The van der Waals surface area contributed by atoms with Gasteiger partial charge in [0, 0.05) is 17.1 Å². The van der Waals surface area contributed by atoms with Crippen LogP contribution in [0.1, 0.15) is 0 Å². The molecular weight excluding hydrogens is 330 g/mol. The zero-order valence-electron chi connectivity index (χ0n) is 14.9. The first-order valence-corrected chi connectivity index (χ1v) is 8.81. The van der Waals surface area contributed by atoms with Crippen molar-refractivity contribution < 1.29 is 0 Å². The van der Waals surface area contributed by atoms with Gasteiger partial charge in [0.15, 0.2) is 0 Å². The Bertz CT molecular complexity index is 1030. The highest BCUT2D eigenvalue weighted by Crippen LogP contribution is 2.34. The maximum absolute atomic E-state index is 6.00. The second-order valence-corrected chi connectivity index (χ2v) is 6.67. The van der Waals surface area contributed by atoms with Gasteiger partial charge in [0.2, 0.25) is 0 Å². The van der Waals surface area contributed by atoms with E-state index in [2.05, 4.69) is 30.3 Å². The third-order valence-corrected chi connectivity index (χ3v) is 4.62. The van der Waals surface area contributed by atoms with Crippen molar-refractivity contribution in [2.75, 3.05) is 17.2 Å². The number of anilines is 3. The molecule has 0 bridgehead atoms. The minimum Gasteiger partial charge on any atom is -0.399 e. The fraction of sp³-hybridized carbons (Fsp3) is 0. The maximum atomic E-state index is 6.00. The Kier molecular flexibility index (Phi) is 4.27. The van der Waals surface area contributed by atoms with Gasteiger partial charge in [0.05, 0.1) is 0 Å². The van der Waals surface area contributed by atoms with Crippen LogP contribution < -0.4 is 17.2 Å². The first-order valence-electron chi connectivity index (χ1n) is 8.81. The molecule has 0 radical (unpaired) electrons. The van der Waals surface area contributed by atoms with Crippen LogP contribution in [0.5, 0.6) is 0 Å². The minimum absolute atomic E-state index is 0.746. The Labute approximate surface area is 159 Å². The van der Waals surface area contributed by atoms with Crippen molar-refractivity contribution in [1.82, 2.24) is 0 Å². The molecule has 4 aromatic rings. The number of hydrogen-bond acceptors (Lipinski definition) is 3. The van der Waals surface area contributed by atoms with Crippen LogP contribution in [0, 0.1) is 0 Å². The number of nitrogen functional groups attached to an aromatic ring is 3. The molecule has 0 amide bonds. The van der Waals surface area contributed by atoms with Crippen LogP contribution >= 0.6 is 0 Å². The van der Waals surface area contributed by atoms with Gasteiger partial charge in [0.1, 0.15) is 0 Å². The average Bonchev–Trinajstić information content (AvgIpc) is 2.68. The molecule has 0 atom stereocenters. The van der Waals surface area contributed by atoms with E-state index in [4.69, 9.17) is 17.2 Å². The summed E-state index contributed by atoms with van der Waals surface area (Å²) in [6.07, 6.45) is 0. The smallest absolute Gasteiger partial charge is 0.0320 e. The molecule has 0 fully saturated rings. The summed E-state index contributed by atoms with van der Waals surface area (Å²) in [7, 11) is 0. The molecule has 0 unspecified atom stereocenters. The molecule has 0 aliphatic carbocycles. The van der Waals surface area contributed by atoms with Gasteiger partial charge < -0.3 is 17.2 Å². The maximum Gasteiger partial charge on any atom is 0.0320 e. The van der Waals surface area contributed by atoms with Crippen LogP contribution in [-0.4, -0.2) is 0 Å². The molecule has 0 aliphatic heterocycles. The third-order valence-electron chi connectivity index (χ3n) is 4.62. The molecule has 0 aromatic heterocycles. The lowest BCUT2D eigenvalue weighted by molar-refractivity contribution is 1.56. The summed E-state index contributed by atoms with van der Waals surface area (Å²) in [5.41, 5.74) is 26.7. The number of benzene rings is 4. The summed E-state index contributed by atoms with van der Waals surface area (Å²) in [6.45, 7) is 0. The lowest BCUT2D eigenvalue weighted by Crippen LogP contribution is -1.90. The van der Waals surface area contributed by atoms with Gasteiger partial charge in [-0.25, -0.2) is 0 Å². The number of hydrogen-bond donors (Lipinski definition) is 3. The van der Waals surface area contributed by atoms with Crippen molar-refractivity contribution in [3.05, 3.63) is 91.0 Å². The van der Waals surface area contributed by atoms with E-state index >= 15 is 0 Å². The van der Waals surface area contributed by atoms with E-state index in [9.17, 15) is 0 Å². The van der Waals surface area contributed by atoms with Crippen molar-refractivity contribution in [2.24, 2.45) is 0 Å². The number of rotatable bonds is 3. The molecule has 0 saturated carbocycles. The lowest BCUT2D eigenvalue weighted by atomic mass is 9.93. The Morgan fingerprint density at radius 3 is 1.22 bits per heavy atom. The summed E-state index contributed by atoms with van der Waals surface area (Å²) in [4.78, 5) is 0. The van der Waals surface area contributed by atoms with E-state index in [-0.39, 0.29) is 0 Å².